The number of nitrogens with one attached hydrogen (secondary N) is 1. The van der Waals surface area contributed by atoms with E-state index in [-0.39, 0.29) is 0 Å². The molecule has 1 heterocycles. The summed E-state index contributed by atoms with van der Waals surface area (Å²) in [7, 11) is -1.74. The van der Waals surface area contributed by atoms with Crippen molar-refractivity contribution < 1.29 is 13.8 Å². The van der Waals surface area contributed by atoms with Crippen LogP contribution in [0, 0.1) is 0 Å². The first-order valence-electron chi connectivity index (χ1n) is 13.3. The molecule has 0 saturated heterocycles. The molecule has 1 N–H and O–H groups in total. The van der Waals surface area contributed by atoms with Gasteiger partial charge in [0.15, 0.2) is 0 Å². The third-order valence-corrected chi connectivity index (χ3v) is 9.31. The molecule has 4 atom stereocenters. The number of carbonyl (C=O) groups is 2. The fourth-order valence-corrected chi connectivity index (χ4v) is 7.13. The fourth-order valence-electron chi connectivity index (χ4n) is 5.12. The van der Waals surface area contributed by atoms with Crippen LogP contribution in [0.4, 0.5) is 0 Å². The Kier molecular flexibility index (Phi) is 9.93. The summed E-state index contributed by atoms with van der Waals surface area (Å²) < 4.78 is 16.3. The summed E-state index contributed by atoms with van der Waals surface area (Å²) in [4.78, 5) is 26.5. The van der Waals surface area contributed by atoms with Crippen LogP contribution in [0.2, 0.25) is 15.1 Å². The second-order valence-electron chi connectivity index (χ2n) is 9.89. The van der Waals surface area contributed by atoms with Crippen molar-refractivity contribution in [3.63, 3.8) is 0 Å². The number of aldehydes is 1. The van der Waals surface area contributed by atoms with Crippen LogP contribution in [-0.4, -0.2) is 26.7 Å². The van der Waals surface area contributed by atoms with Gasteiger partial charge in [-0.3, -0.25) is 4.79 Å². The highest BCUT2D eigenvalue weighted by Crippen LogP contribution is 2.45. The van der Waals surface area contributed by atoms with Crippen molar-refractivity contribution in [2.75, 3.05) is 0 Å². The lowest BCUT2D eigenvalue weighted by atomic mass is 9.88. The van der Waals surface area contributed by atoms with Gasteiger partial charge in [-0.2, -0.15) is 0 Å². The highest BCUT2D eigenvalue weighted by molar-refractivity contribution is 7.82. The molecule has 0 aliphatic carbocycles. The Morgan fingerprint density at radius 3 is 2.14 bits per heavy atom. The summed E-state index contributed by atoms with van der Waals surface area (Å²) in [6.45, 7) is 0. The van der Waals surface area contributed by atoms with Crippen molar-refractivity contribution in [1.82, 2.24) is 9.62 Å². The molecule has 0 saturated carbocycles. The van der Waals surface area contributed by atoms with Crippen LogP contribution in [0.15, 0.2) is 120 Å². The Labute approximate surface area is 262 Å². The molecule has 1 aliphatic heterocycles. The number of hydrogen-bond acceptors (Lipinski definition) is 3. The van der Waals surface area contributed by atoms with Gasteiger partial charge in [0.1, 0.15) is 17.3 Å². The van der Waals surface area contributed by atoms with Gasteiger partial charge in [-0.05, 0) is 78.1 Å². The van der Waals surface area contributed by atoms with Gasteiger partial charge in [0, 0.05) is 20.6 Å². The van der Waals surface area contributed by atoms with Crippen LogP contribution in [0.5, 0.6) is 0 Å². The van der Waals surface area contributed by atoms with Crippen LogP contribution in [0.1, 0.15) is 35.2 Å². The summed E-state index contributed by atoms with van der Waals surface area (Å²) in [6, 6.07) is 28.9. The lowest BCUT2D eigenvalue weighted by Crippen LogP contribution is -2.45. The van der Waals surface area contributed by atoms with E-state index in [0.717, 1.165) is 17.4 Å². The van der Waals surface area contributed by atoms with Gasteiger partial charge in [-0.25, -0.2) is 8.51 Å². The average Bonchev–Trinajstić information content (AvgIpc) is 3.00. The number of benzene rings is 4. The maximum atomic E-state index is 14.4. The molecule has 42 heavy (non-hydrogen) atoms. The quantitative estimate of drug-likeness (QED) is 0.191. The van der Waals surface area contributed by atoms with E-state index in [9.17, 15) is 13.8 Å². The molecular weight excluding hydrogens is 611 g/mol. The zero-order valence-corrected chi connectivity index (χ0v) is 25.4. The Morgan fingerprint density at radius 1 is 0.857 bits per heavy atom. The molecule has 4 aromatic carbocycles. The average molecular weight is 638 g/mol. The van der Waals surface area contributed by atoms with Gasteiger partial charge in [0.25, 0.3) is 0 Å². The molecule has 9 heteroatoms. The first-order valence-corrected chi connectivity index (χ1v) is 15.5. The van der Waals surface area contributed by atoms with E-state index >= 15 is 0 Å². The second-order valence-corrected chi connectivity index (χ2v) is 12.6. The Bertz CT molecular complexity index is 1630. The number of rotatable bonds is 9. The molecule has 4 unspecified atom stereocenters. The summed E-state index contributed by atoms with van der Waals surface area (Å²) in [5.41, 5.74) is 2.83. The zero-order valence-electron chi connectivity index (χ0n) is 22.3. The predicted molar refractivity (Wildman–Crippen MR) is 169 cm³/mol. The predicted octanol–water partition coefficient (Wildman–Crippen LogP) is 7.71. The highest BCUT2D eigenvalue weighted by Gasteiger charge is 2.41. The number of nitrogens with zero attached hydrogens (tertiary/aromatic N) is 1. The van der Waals surface area contributed by atoms with Crippen LogP contribution in [0.25, 0.3) is 0 Å². The maximum Gasteiger partial charge on any atom is 0.249 e. The minimum absolute atomic E-state index is 0.344. The van der Waals surface area contributed by atoms with Crippen LogP contribution in [-0.2, 0) is 27.0 Å². The van der Waals surface area contributed by atoms with Gasteiger partial charge in [-0.15, -0.1) is 0 Å². The molecule has 0 aromatic heterocycles. The van der Waals surface area contributed by atoms with Gasteiger partial charge >= 0.3 is 0 Å². The highest BCUT2D eigenvalue weighted by atomic mass is 35.5. The van der Waals surface area contributed by atoms with E-state index in [1.165, 1.54) is 0 Å². The van der Waals surface area contributed by atoms with E-state index in [0.29, 0.717) is 43.9 Å². The van der Waals surface area contributed by atoms with Gasteiger partial charge in [0.05, 0.1) is 23.0 Å². The zero-order chi connectivity index (χ0) is 29.6. The lowest BCUT2D eigenvalue weighted by molar-refractivity contribution is -0.121. The Morgan fingerprint density at radius 2 is 1.50 bits per heavy atom. The summed E-state index contributed by atoms with van der Waals surface area (Å²) in [6.07, 6.45) is 3.31. The smallest absolute Gasteiger partial charge is 0.249 e. The molecule has 1 amide bonds. The fraction of sp³-hybridized carbons (Fsp3) is 0.152. The molecule has 0 spiro atoms. The van der Waals surface area contributed by atoms with Crippen molar-refractivity contribution in [3.8, 4) is 0 Å². The molecule has 214 valence electrons. The molecule has 5 nitrogen and oxygen atoms in total. The van der Waals surface area contributed by atoms with E-state index < -0.39 is 35.0 Å². The van der Waals surface area contributed by atoms with Crippen LogP contribution < -0.4 is 5.32 Å². The normalized spacial score (nSPS) is 18.5. The standard InChI is InChI=1S/C33H27Cl3N2O3S/c34-25-12-14-29(15-13-25)42(41)38-31(23-8-4-10-26(35)19-23)17-16-30(32(38)24-9-5-11-27(36)20-24)33(40)37-28(21-39)18-22-6-2-1-3-7-22/h1-16,19-21,28,31-32H,17-18H2,(H,37,40). The van der Waals surface area contributed by atoms with Gasteiger partial charge < -0.3 is 10.1 Å². The maximum absolute atomic E-state index is 14.4. The molecule has 4 aromatic rings. The number of halogens is 3. The molecule has 0 bridgehead atoms. The minimum atomic E-state index is -1.74. The van der Waals surface area contributed by atoms with E-state index in [1.54, 1.807) is 48.5 Å². The summed E-state index contributed by atoms with van der Waals surface area (Å²) in [5, 5.41) is 4.44. The number of carbonyl (C=O) groups excluding carboxylic acids is 2. The minimum Gasteiger partial charge on any atom is -0.342 e. The third-order valence-electron chi connectivity index (χ3n) is 7.06. The van der Waals surface area contributed by atoms with Crippen molar-refractivity contribution in [2.45, 2.75) is 35.9 Å². The Hall–Kier alpha value is -3.26. The van der Waals surface area contributed by atoms with Crippen molar-refractivity contribution in [3.05, 3.63) is 147 Å². The van der Waals surface area contributed by atoms with Crippen LogP contribution >= 0.6 is 34.8 Å². The summed E-state index contributed by atoms with van der Waals surface area (Å²) >= 11 is 18.9. The lowest BCUT2D eigenvalue weighted by Gasteiger charge is -2.41. The third kappa shape index (κ3) is 7.02. The van der Waals surface area contributed by atoms with Crippen LogP contribution in [0.3, 0.4) is 0 Å². The first-order chi connectivity index (χ1) is 20.3. The van der Waals surface area contributed by atoms with Gasteiger partial charge in [-0.1, -0.05) is 95.5 Å². The van der Waals surface area contributed by atoms with Crippen molar-refractivity contribution >= 4 is 58.0 Å². The van der Waals surface area contributed by atoms with Gasteiger partial charge in [0.2, 0.25) is 5.91 Å². The summed E-state index contributed by atoms with van der Waals surface area (Å²) in [5.74, 6) is -0.421. The first kappa shape index (κ1) is 30.2. The second kappa shape index (κ2) is 13.8. The molecular formula is C33H27Cl3N2O3S. The number of hydrogen-bond donors (Lipinski definition) is 1. The topological polar surface area (TPSA) is 66.5 Å². The largest absolute Gasteiger partial charge is 0.342 e. The van der Waals surface area contributed by atoms with E-state index in [4.69, 9.17) is 34.8 Å². The molecule has 0 radical (unpaired) electrons. The monoisotopic (exact) mass is 636 g/mol. The molecule has 1 aliphatic rings. The SMILES string of the molecule is O=CC(Cc1ccccc1)NC(=O)C1=CCC(c2cccc(Cl)c2)N(S(=O)c2ccc(Cl)cc2)C1c1cccc(Cl)c1. The van der Waals surface area contributed by atoms with Crippen molar-refractivity contribution in [1.29, 1.82) is 0 Å². The number of amides is 1. The van der Waals surface area contributed by atoms with Crippen molar-refractivity contribution in [2.24, 2.45) is 0 Å². The van der Waals surface area contributed by atoms with E-state index in [1.807, 2.05) is 65.0 Å². The molecule has 0 fully saturated rings. The molecule has 5 rings (SSSR count). The van der Waals surface area contributed by atoms with E-state index in [2.05, 4.69) is 5.32 Å². The Balaban J connectivity index is 1.59.